The molecule has 1 atom stereocenters. The molecule has 1 aliphatic carbocycles. The maximum Gasteiger partial charge on any atom is 0.264 e. The smallest absolute Gasteiger partial charge is 0.264 e. The van der Waals surface area contributed by atoms with Gasteiger partial charge < -0.3 is 14.8 Å². The first-order valence-electron chi connectivity index (χ1n) is 8.46. The highest BCUT2D eigenvalue weighted by atomic mass is 32.1. The van der Waals surface area contributed by atoms with Gasteiger partial charge in [-0.1, -0.05) is 25.0 Å². The number of ether oxygens (including phenoxy) is 2. The van der Waals surface area contributed by atoms with E-state index in [-0.39, 0.29) is 17.9 Å². The van der Waals surface area contributed by atoms with Gasteiger partial charge in [0.05, 0.1) is 0 Å². The van der Waals surface area contributed by atoms with Gasteiger partial charge in [-0.05, 0) is 47.4 Å². The van der Waals surface area contributed by atoms with E-state index in [1.807, 2.05) is 24.3 Å². The van der Waals surface area contributed by atoms with Crippen molar-refractivity contribution in [1.82, 2.24) is 5.32 Å². The molecule has 1 aromatic carbocycles. The van der Waals surface area contributed by atoms with Crippen LogP contribution in [-0.4, -0.2) is 25.2 Å². The van der Waals surface area contributed by atoms with Crippen molar-refractivity contribution in [3.63, 3.8) is 0 Å². The van der Waals surface area contributed by atoms with Crippen LogP contribution in [0.25, 0.3) is 0 Å². The molecule has 2 aliphatic rings. The fourth-order valence-corrected chi connectivity index (χ4v) is 4.48. The van der Waals surface area contributed by atoms with Gasteiger partial charge in [-0.15, -0.1) is 0 Å². The van der Waals surface area contributed by atoms with E-state index in [0.29, 0.717) is 18.0 Å². The highest BCUT2D eigenvalue weighted by molar-refractivity contribution is 7.08. The van der Waals surface area contributed by atoms with Crippen LogP contribution < -0.4 is 14.8 Å². The molecule has 1 fully saturated rings. The quantitative estimate of drug-likeness (QED) is 0.924. The molecule has 4 nitrogen and oxygen atoms in total. The molecule has 0 saturated heterocycles. The minimum absolute atomic E-state index is 0.0864. The van der Waals surface area contributed by atoms with Crippen LogP contribution in [-0.2, 0) is 10.2 Å². The molecule has 1 unspecified atom stereocenters. The lowest BCUT2D eigenvalue weighted by molar-refractivity contribution is -0.130. The molecule has 1 aromatic heterocycles. The Morgan fingerprint density at radius 3 is 2.75 bits per heavy atom. The Hall–Kier alpha value is -2.01. The Balaban J connectivity index is 1.42. The number of carbonyl (C=O) groups excluding carboxylic acids is 1. The summed E-state index contributed by atoms with van der Waals surface area (Å²) in [7, 11) is 0. The average molecular weight is 343 g/mol. The first-order valence-corrected chi connectivity index (χ1v) is 9.40. The Bertz CT molecular complexity index is 707. The molecule has 0 radical (unpaired) electrons. The fraction of sp³-hybridized carbons (Fsp3) is 0.421. The lowest BCUT2D eigenvalue weighted by Crippen LogP contribution is -2.48. The van der Waals surface area contributed by atoms with E-state index in [1.54, 1.807) is 11.3 Å². The largest absolute Gasteiger partial charge is 0.485 e. The predicted molar refractivity (Wildman–Crippen MR) is 93.8 cm³/mol. The lowest BCUT2D eigenvalue weighted by Gasteiger charge is -2.31. The first kappa shape index (κ1) is 15.5. The summed E-state index contributed by atoms with van der Waals surface area (Å²) in [5, 5.41) is 7.45. The maximum absolute atomic E-state index is 12.6. The van der Waals surface area contributed by atoms with Crippen LogP contribution in [0.15, 0.2) is 41.1 Å². The highest BCUT2D eigenvalue weighted by Crippen LogP contribution is 2.41. The minimum atomic E-state index is -0.583. The number of rotatable bonds is 4. The maximum atomic E-state index is 12.6. The van der Waals surface area contributed by atoms with Gasteiger partial charge in [-0.3, -0.25) is 4.79 Å². The zero-order valence-electron chi connectivity index (χ0n) is 13.5. The molecule has 0 spiro atoms. The third-order valence-corrected chi connectivity index (χ3v) is 5.78. The third kappa shape index (κ3) is 2.88. The van der Waals surface area contributed by atoms with Gasteiger partial charge in [-0.2, -0.15) is 11.3 Å². The second-order valence-corrected chi connectivity index (χ2v) is 7.36. The Morgan fingerprint density at radius 2 is 2.00 bits per heavy atom. The Labute approximate surface area is 145 Å². The normalized spacial score (nSPS) is 21.4. The topological polar surface area (TPSA) is 47.6 Å². The lowest BCUT2D eigenvalue weighted by atomic mass is 9.80. The van der Waals surface area contributed by atoms with Crippen LogP contribution in [0, 0.1) is 0 Å². The number of benzene rings is 1. The molecular weight excluding hydrogens is 322 g/mol. The summed E-state index contributed by atoms with van der Waals surface area (Å²) in [6.07, 6.45) is 4.13. The average Bonchev–Trinajstić information content (AvgIpc) is 3.31. The van der Waals surface area contributed by atoms with Crippen molar-refractivity contribution in [3.05, 3.63) is 46.7 Å². The van der Waals surface area contributed by atoms with E-state index in [2.05, 4.69) is 22.1 Å². The number of nitrogens with one attached hydrogen (secondary N) is 1. The number of hydrogen-bond acceptors (Lipinski definition) is 4. The Morgan fingerprint density at radius 1 is 1.21 bits per heavy atom. The summed E-state index contributed by atoms with van der Waals surface area (Å²) in [4.78, 5) is 12.6. The van der Waals surface area contributed by atoms with Crippen molar-refractivity contribution in [3.8, 4) is 11.5 Å². The number of thiophene rings is 1. The number of carbonyl (C=O) groups is 1. The van der Waals surface area contributed by atoms with Gasteiger partial charge in [0, 0.05) is 12.0 Å². The molecule has 4 rings (SSSR count). The second kappa shape index (κ2) is 6.48. The van der Waals surface area contributed by atoms with Crippen molar-refractivity contribution < 1.29 is 14.3 Å². The van der Waals surface area contributed by atoms with Gasteiger partial charge in [0.1, 0.15) is 6.61 Å². The molecule has 0 bridgehead atoms. The molecular formula is C19H21NO3S. The third-order valence-electron chi connectivity index (χ3n) is 5.10. The van der Waals surface area contributed by atoms with Crippen LogP contribution in [0.4, 0.5) is 0 Å². The van der Waals surface area contributed by atoms with Gasteiger partial charge in [0.2, 0.25) is 6.10 Å². The predicted octanol–water partition coefficient (Wildman–Crippen LogP) is 3.52. The molecule has 126 valence electrons. The number of amides is 1. The van der Waals surface area contributed by atoms with Gasteiger partial charge in [0.25, 0.3) is 5.91 Å². The molecule has 1 amide bonds. The number of para-hydroxylation sites is 2. The van der Waals surface area contributed by atoms with Crippen molar-refractivity contribution in [1.29, 1.82) is 0 Å². The summed E-state index contributed by atoms with van der Waals surface area (Å²) >= 11 is 1.72. The Kier molecular flexibility index (Phi) is 4.19. The molecule has 1 N–H and O–H groups in total. The molecule has 2 heterocycles. The van der Waals surface area contributed by atoms with E-state index in [9.17, 15) is 4.79 Å². The zero-order valence-corrected chi connectivity index (χ0v) is 14.3. The zero-order chi connectivity index (χ0) is 16.4. The summed E-state index contributed by atoms with van der Waals surface area (Å²) < 4.78 is 11.4. The van der Waals surface area contributed by atoms with Gasteiger partial charge in [0.15, 0.2) is 11.5 Å². The summed E-state index contributed by atoms with van der Waals surface area (Å²) in [6, 6.07) is 9.66. The molecule has 24 heavy (non-hydrogen) atoms. The summed E-state index contributed by atoms with van der Waals surface area (Å²) in [5.41, 5.74) is 1.44. The SMILES string of the molecule is O=C(NCC1(c2ccsc2)CCCC1)C1COc2ccccc2O1. The van der Waals surface area contributed by atoms with Crippen LogP contribution in [0.1, 0.15) is 31.2 Å². The minimum Gasteiger partial charge on any atom is -0.485 e. The fourth-order valence-electron chi connectivity index (χ4n) is 3.70. The molecule has 1 saturated carbocycles. The highest BCUT2D eigenvalue weighted by Gasteiger charge is 2.37. The van der Waals surface area contributed by atoms with E-state index >= 15 is 0 Å². The van der Waals surface area contributed by atoms with Crippen molar-refractivity contribution in [2.24, 2.45) is 0 Å². The van der Waals surface area contributed by atoms with Crippen molar-refractivity contribution in [2.75, 3.05) is 13.2 Å². The van der Waals surface area contributed by atoms with Crippen molar-refractivity contribution >= 4 is 17.2 Å². The second-order valence-electron chi connectivity index (χ2n) is 6.58. The van der Waals surface area contributed by atoms with Crippen LogP contribution >= 0.6 is 11.3 Å². The monoisotopic (exact) mass is 343 g/mol. The summed E-state index contributed by atoms with van der Waals surface area (Å²) in [6.45, 7) is 0.929. The van der Waals surface area contributed by atoms with Crippen LogP contribution in [0.2, 0.25) is 0 Å². The molecule has 1 aliphatic heterocycles. The van der Waals surface area contributed by atoms with E-state index < -0.39 is 6.10 Å². The first-order chi connectivity index (χ1) is 11.8. The number of fused-ring (bicyclic) bond motifs is 1. The van der Waals surface area contributed by atoms with Crippen molar-refractivity contribution in [2.45, 2.75) is 37.2 Å². The molecule has 5 heteroatoms. The van der Waals surface area contributed by atoms with E-state index in [4.69, 9.17) is 9.47 Å². The van der Waals surface area contributed by atoms with Crippen LogP contribution in [0.3, 0.4) is 0 Å². The standard InChI is InChI=1S/C19H21NO3S/c21-18(17-11-22-15-5-1-2-6-16(15)23-17)20-13-19(8-3-4-9-19)14-7-10-24-12-14/h1-2,5-7,10,12,17H,3-4,8-9,11,13H2,(H,20,21). The number of hydrogen-bond donors (Lipinski definition) is 1. The van der Waals surface area contributed by atoms with Gasteiger partial charge >= 0.3 is 0 Å². The van der Waals surface area contributed by atoms with E-state index in [0.717, 1.165) is 12.8 Å². The van der Waals surface area contributed by atoms with Crippen LogP contribution in [0.5, 0.6) is 11.5 Å². The molecule has 2 aromatic rings. The van der Waals surface area contributed by atoms with Gasteiger partial charge in [-0.25, -0.2) is 0 Å². The van der Waals surface area contributed by atoms with E-state index in [1.165, 1.54) is 18.4 Å². The summed E-state index contributed by atoms with van der Waals surface area (Å²) in [5.74, 6) is 1.25.